The van der Waals surface area contributed by atoms with Gasteiger partial charge in [-0.2, -0.15) is 0 Å². The third-order valence-electron chi connectivity index (χ3n) is 5.27. The monoisotopic (exact) mass is 435 g/mol. The zero-order chi connectivity index (χ0) is 22.0. The van der Waals surface area contributed by atoms with Gasteiger partial charge in [-0.25, -0.2) is 0 Å². The Balaban J connectivity index is 1.71. The van der Waals surface area contributed by atoms with Crippen LogP contribution in [0.5, 0.6) is 0 Å². The van der Waals surface area contributed by atoms with E-state index in [1.54, 1.807) is 4.57 Å². The van der Waals surface area contributed by atoms with Crippen molar-refractivity contribution < 1.29 is 4.79 Å². The van der Waals surface area contributed by atoms with E-state index in [4.69, 9.17) is 0 Å². The van der Waals surface area contributed by atoms with E-state index >= 15 is 0 Å². The van der Waals surface area contributed by atoms with Gasteiger partial charge in [0.25, 0.3) is 5.56 Å². The topological polar surface area (TPSA) is 81.3 Å². The molecule has 0 aliphatic rings. The molecule has 1 N–H and O–H groups in total. The van der Waals surface area contributed by atoms with Crippen LogP contribution in [0.25, 0.3) is 16.7 Å². The number of fused-ring (bicyclic) bond motifs is 3. The SMILES string of the molecule is CCCCn1c(=O)c2ccccc2n2c(SC(C)C(=O)Nc3ccccc3C)nnc12. The summed E-state index contributed by atoms with van der Waals surface area (Å²) in [4.78, 5) is 25.8. The number of carbonyl (C=O) groups is 1. The number of nitrogens with one attached hydrogen (secondary N) is 1. The number of amides is 1. The second kappa shape index (κ2) is 8.93. The molecule has 0 saturated heterocycles. The number of nitrogens with zero attached hydrogens (tertiary/aromatic N) is 4. The molecular weight excluding hydrogens is 410 g/mol. The van der Waals surface area contributed by atoms with Crippen LogP contribution in [0.15, 0.2) is 58.5 Å². The van der Waals surface area contributed by atoms with Gasteiger partial charge in [-0.05, 0) is 44.0 Å². The van der Waals surface area contributed by atoms with Gasteiger partial charge in [0.05, 0.1) is 16.2 Å². The van der Waals surface area contributed by atoms with Crippen molar-refractivity contribution in [2.45, 2.75) is 50.6 Å². The normalized spacial score (nSPS) is 12.4. The van der Waals surface area contributed by atoms with Crippen LogP contribution in [-0.2, 0) is 11.3 Å². The number of para-hydroxylation sites is 2. The number of aromatic nitrogens is 4. The molecular formula is C23H25N5O2S. The molecule has 2 aromatic carbocycles. The minimum absolute atomic E-state index is 0.0640. The van der Waals surface area contributed by atoms with Gasteiger partial charge in [0.1, 0.15) is 0 Å². The second-order valence-electron chi connectivity index (χ2n) is 7.51. The molecule has 0 aliphatic carbocycles. The van der Waals surface area contributed by atoms with E-state index in [0.29, 0.717) is 22.9 Å². The van der Waals surface area contributed by atoms with Crippen molar-refractivity contribution in [3.05, 3.63) is 64.4 Å². The maximum Gasteiger partial charge on any atom is 0.262 e. The zero-order valence-electron chi connectivity index (χ0n) is 17.8. The lowest BCUT2D eigenvalue weighted by Crippen LogP contribution is -2.24. The summed E-state index contributed by atoms with van der Waals surface area (Å²) < 4.78 is 3.57. The molecule has 1 atom stereocenters. The molecule has 4 rings (SSSR count). The highest BCUT2D eigenvalue weighted by Gasteiger charge is 2.21. The van der Waals surface area contributed by atoms with E-state index in [9.17, 15) is 9.59 Å². The van der Waals surface area contributed by atoms with E-state index in [1.165, 1.54) is 11.8 Å². The summed E-state index contributed by atoms with van der Waals surface area (Å²) in [5.74, 6) is 0.394. The Morgan fingerprint density at radius 3 is 2.65 bits per heavy atom. The number of carbonyl (C=O) groups excluding carboxylic acids is 1. The van der Waals surface area contributed by atoms with Crippen molar-refractivity contribution in [3.8, 4) is 0 Å². The summed E-state index contributed by atoms with van der Waals surface area (Å²) >= 11 is 1.33. The summed E-state index contributed by atoms with van der Waals surface area (Å²) in [6.07, 6.45) is 1.84. The van der Waals surface area contributed by atoms with Crippen molar-refractivity contribution in [1.29, 1.82) is 0 Å². The maximum absolute atomic E-state index is 13.0. The summed E-state index contributed by atoms with van der Waals surface area (Å²) in [5.41, 5.74) is 2.48. The lowest BCUT2D eigenvalue weighted by atomic mass is 10.2. The molecule has 0 spiro atoms. The quantitative estimate of drug-likeness (QED) is 0.439. The molecule has 2 heterocycles. The average Bonchev–Trinajstić information content (AvgIpc) is 3.18. The van der Waals surface area contributed by atoms with Crippen molar-refractivity contribution >= 4 is 40.0 Å². The van der Waals surface area contributed by atoms with Crippen LogP contribution in [0, 0.1) is 6.92 Å². The van der Waals surface area contributed by atoms with Gasteiger partial charge in [0.15, 0.2) is 5.16 Å². The smallest absolute Gasteiger partial charge is 0.262 e. The summed E-state index contributed by atoms with van der Waals surface area (Å²) in [5, 5.41) is 12.4. The Kier molecular flexibility index (Phi) is 6.08. The van der Waals surface area contributed by atoms with Crippen LogP contribution in [0.4, 0.5) is 5.69 Å². The van der Waals surface area contributed by atoms with Crippen molar-refractivity contribution in [3.63, 3.8) is 0 Å². The third kappa shape index (κ3) is 4.07. The molecule has 0 aliphatic heterocycles. The Morgan fingerprint density at radius 2 is 1.87 bits per heavy atom. The first-order valence-corrected chi connectivity index (χ1v) is 11.3. The number of thioether (sulfide) groups is 1. The molecule has 7 nitrogen and oxygen atoms in total. The molecule has 0 fully saturated rings. The summed E-state index contributed by atoms with van der Waals surface area (Å²) in [6.45, 7) is 6.47. The number of rotatable bonds is 7. The lowest BCUT2D eigenvalue weighted by Gasteiger charge is -2.14. The van der Waals surface area contributed by atoms with Crippen molar-refractivity contribution in [1.82, 2.24) is 19.2 Å². The number of anilines is 1. The van der Waals surface area contributed by atoms with Gasteiger partial charge in [-0.1, -0.05) is 55.4 Å². The third-order valence-corrected chi connectivity index (χ3v) is 6.31. The van der Waals surface area contributed by atoms with Crippen molar-refractivity contribution in [2.24, 2.45) is 0 Å². The van der Waals surface area contributed by atoms with E-state index in [0.717, 1.165) is 29.6 Å². The Morgan fingerprint density at radius 1 is 1.13 bits per heavy atom. The molecule has 0 saturated carbocycles. The maximum atomic E-state index is 13.0. The van der Waals surface area contributed by atoms with Crippen LogP contribution < -0.4 is 10.9 Å². The molecule has 4 aromatic rings. The fourth-order valence-corrected chi connectivity index (χ4v) is 4.34. The van der Waals surface area contributed by atoms with E-state index < -0.39 is 5.25 Å². The van der Waals surface area contributed by atoms with Crippen LogP contribution in [-0.4, -0.2) is 30.3 Å². The van der Waals surface area contributed by atoms with Crippen LogP contribution in [0.3, 0.4) is 0 Å². The van der Waals surface area contributed by atoms with Gasteiger partial charge in [0.2, 0.25) is 11.7 Å². The highest BCUT2D eigenvalue weighted by Crippen LogP contribution is 2.26. The standard InChI is InChI=1S/C23H25N5O2S/c1-4-5-14-27-21(30)17-11-7-9-13-19(17)28-22(27)25-26-23(28)31-16(3)20(29)24-18-12-8-6-10-15(18)2/h6-13,16H,4-5,14H2,1-3H3,(H,24,29). The molecule has 160 valence electrons. The zero-order valence-corrected chi connectivity index (χ0v) is 18.6. The molecule has 0 radical (unpaired) electrons. The van der Waals surface area contributed by atoms with E-state index in [-0.39, 0.29) is 11.5 Å². The minimum Gasteiger partial charge on any atom is -0.325 e. The number of hydrogen-bond acceptors (Lipinski definition) is 5. The number of hydrogen-bond donors (Lipinski definition) is 1. The lowest BCUT2D eigenvalue weighted by molar-refractivity contribution is -0.115. The second-order valence-corrected chi connectivity index (χ2v) is 8.82. The van der Waals surface area contributed by atoms with Crippen LogP contribution >= 0.6 is 11.8 Å². The first-order valence-electron chi connectivity index (χ1n) is 10.4. The Hall–Kier alpha value is -3.13. The molecule has 1 amide bonds. The number of unbranched alkanes of at least 4 members (excludes halogenated alkanes) is 1. The largest absolute Gasteiger partial charge is 0.325 e. The average molecular weight is 436 g/mol. The van der Waals surface area contributed by atoms with E-state index in [1.807, 2.05) is 66.8 Å². The predicted molar refractivity (Wildman–Crippen MR) is 125 cm³/mol. The van der Waals surface area contributed by atoms with Gasteiger partial charge < -0.3 is 5.32 Å². The predicted octanol–water partition coefficient (Wildman–Crippen LogP) is 4.27. The summed E-state index contributed by atoms with van der Waals surface area (Å²) in [7, 11) is 0. The van der Waals surface area contributed by atoms with Crippen LogP contribution in [0.1, 0.15) is 32.3 Å². The molecule has 31 heavy (non-hydrogen) atoms. The highest BCUT2D eigenvalue weighted by molar-refractivity contribution is 8.00. The van der Waals surface area contributed by atoms with Gasteiger partial charge in [-0.3, -0.25) is 18.6 Å². The molecule has 2 aromatic heterocycles. The Labute approximate surface area is 184 Å². The molecule has 1 unspecified atom stereocenters. The van der Waals surface area contributed by atoms with E-state index in [2.05, 4.69) is 22.4 Å². The van der Waals surface area contributed by atoms with Crippen LogP contribution in [0.2, 0.25) is 0 Å². The molecule has 0 bridgehead atoms. The van der Waals surface area contributed by atoms with Gasteiger partial charge >= 0.3 is 0 Å². The van der Waals surface area contributed by atoms with Crippen molar-refractivity contribution in [2.75, 3.05) is 5.32 Å². The summed E-state index contributed by atoms with van der Waals surface area (Å²) in [6, 6.07) is 15.1. The molecule has 8 heteroatoms. The highest BCUT2D eigenvalue weighted by atomic mass is 32.2. The van der Waals surface area contributed by atoms with Gasteiger partial charge in [-0.15, -0.1) is 10.2 Å². The number of aryl methyl sites for hydroxylation is 2. The van der Waals surface area contributed by atoms with Gasteiger partial charge in [0, 0.05) is 12.2 Å². The first kappa shape index (κ1) is 21.1. The number of benzene rings is 2. The minimum atomic E-state index is -0.401. The first-order chi connectivity index (χ1) is 15.0. The Bertz CT molecular complexity index is 1310. The fourth-order valence-electron chi connectivity index (χ4n) is 3.49. The fraction of sp³-hybridized carbons (Fsp3) is 0.304.